The van der Waals surface area contributed by atoms with Gasteiger partial charge in [0.1, 0.15) is 37.2 Å². The van der Waals surface area contributed by atoms with E-state index in [4.69, 9.17) is 52.1 Å². The standard InChI is InChI=1S/C39H43N3O11S.C37H41N3O10S/c1-16-9-20-10-22-37(46)42-23-13-50-38(47)39(21-12-25(48-5)24(44)11-19(21)7-8-40-39)14-54-36(30(42)29(41(22)4)26(20)31(45)32(16)49-6)28-27(23)35-34(51-15-52-35)17(2)33(28)53-18(3)43;1-15-8-18-9-20-35(44)40-21-12-48-36(45)37(19-11-23(46-4)22(41)10-17(19)6-7-38-37)13-51-34(26-25(21)33-32(49-14-50-33)16(2)29(26)42)28(40)27(39(20)3)24(18)30(43)31(15)47-5/h9,11-12,22-23,29-30,36-37,40,44-46H,7-8,10,13-15H2,1-6H3;8,10-11,20-21,27-28,34-35,38,41-44H,6-7,9,12-14H2,1-5H3/t22-,23-,29+,30?,36+,37-,39+;20-,21-,27+,28?,34+,35-,37+/m00/s1. The Morgan fingerprint density at radius 2 is 0.952 bits per heavy atom. The van der Waals surface area contributed by atoms with Crippen LogP contribution in [0.1, 0.15) is 131 Å². The van der Waals surface area contributed by atoms with Crippen molar-refractivity contribution in [2.24, 2.45) is 0 Å². The van der Waals surface area contributed by atoms with Gasteiger partial charge in [0.25, 0.3) is 0 Å². The van der Waals surface area contributed by atoms with Gasteiger partial charge in [-0.1, -0.05) is 12.1 Å². The zero-order valence-electron chi connectivity index (χ0n) is 59.8. The number of methoxy groups -OCH3 is 4. The predicted octanol–water partition coefficient (Wildman–Crippen LogP) is 6.61. The van der Waals surface area contributed by atoms with Crippen LogP contribution < -0.4 is 53.3 Å². The summed E-state index contributed by atoms with van der Waals surface area (Å²) in [5, 5.41) is 88.3. The third kappa shape index (κ3) is 9.83. The van der Waals surface area contributed by atoms with Gasteiger partial charge in [-0.3, -0.25) is 35.0 Å². The van der Waals surface area contributed by atoms with Crippen molar-refractivity contribution in [1.82, 2.24) is 30.2 Å². The number of thioether (sulfide) groups is 2. The number of nitrogens with zero attached hydrogens (tertiary/aromatic N) is 4. The summed E-state index contributed by atoms with van der Waals surface area (Å²) in [6.07, 6.45) is 0.0143. The van der Waals surface area contributed by atoms with Gasteiger partial charge in [0.15, 0.2) is 80.1 Å². The van der Waals surface area contributed by atoms with Crippen molar-refractivity contribution < 1.29 is 102 Å². The minimum absolute atomic E-state index is 0.00972. The Balaban J connectivity index is 0.000000155. The number of phenols is 5. The number of aliphatic hydroxyl groups excluding tert-OH is 2. The van der Waals surface area contributed by atoms with E-state index in [1.165, 1.54) is 51.8 Å². The maximum atomic E-state index is 14.7. The van der Waals surface area contributed by atoms with Crippen molar-refractivity contribution in [3.05, 3.63) is 125 Å². The van der Waals surface area contributed by atoms with Gasteiger partial charge in [0.2, 0.25) is 13.6 Å². The molecule has 0 aromatic heterocycles. The van der Waals surface area contributed by atoms with Crippen LogP contribution in [0.4, 0.5) is 0 Å². The monoisotopic (exact) mass is 1480 g/mol. The molecule has 14 aliphatic rings. The normalized spacial score (nSPS) is 30.0. The molecule has 2 unspecified atom stereocenters. The summed E-state index contributed by atoms with van der Waals surface area (Å²) in [7, 11) is 9.93. The first-order chi connectivity index (χ1) is 50.4. The molecule has 14 atom stereocenters. The van der Waals surface area contributed by atoms with E-state index in [2.05, 4.69) is 20.4 Å². The number of likely N-dealkylation sites (N-methyl/N-ethyl adjacent to an activating group) is 2. The van der Waals surface area contributed by atoms with E-state index in [0.29, 0.717) is 135 Å². The number of fused-ring (bicyclic) bond motifs is 18. The fourth-order valence-corrected chi connectivity index (χ4v) is 23.1. The number of nitrogens with one attached hydrogen (secondary N) is 2. The molecule has 4 fully saturated rings. The number of phenolic OH excluding ortho intramolecular Hbond substituents is 5. The van der Waals surface area contributed by atoms with Crippen molar-refractivity contribution in [2.45, 2.75) is 143 Å². The summed E-state index contributed by atoms with van der Waals surface area (Å²) in [5.41, 5.74) is 8.73. The lowest BCUT2D eigenvalue weighted by molar-refractivity contribution is -0.186. The maximum Gasteiger partial charge on any atom is 0.331 e. The third-order valence-corrected chi connectivity index (χ3v) is 27.3. The zero-order chi connectivity index (χ0) is 73.6. The second-order valence-corrected chi connectivity index (χ2v) is 31.5. The van der Waals surface area contributed by atoms with E-state index < -0.39 is 88.2 Å². The van der Waals surface area contributed by atoms with Crippen LogP contribution in [-0.2, 0) is 60.6 Å². The van der Waals surface area contributed by atoms with Crippen LogP contribution in [0.3, 0.4) is 0 Å². The van der Waals surface area contributed by atoms with E-state index in [-0.39, 0.29) is 90.6 Å². The minimum atomic E-state index is -1.36. The second kappa shape index (κ2) is 25.3. The number of ether oxygens (including phenoxy) is 11. The summed E-state index contributed by atoms with van der Waals surface area (Å²) >= 11 is 2.94. The summed E-state index contributed by atoms with van der Waals surface area (Å²) < 4.78 is 65.5. The van der Waals surface area contributed by atoms with Gasteiger partial charge in [0, 0.05) is 88.1 Å². The first kappa shape index (κ1) is 69.5. The summed E-state index contributed by atoms with van der Waals surface area (Å²) in [4.78, 5) is 50.4. The first-order valence-electron chi connectivity index (χ1n) is 35.2. The number of aromatic hydroxyl groups is 5. The number of benzene rings is 6. The number of rotatable bonds is 5. The molecular formula is C76H84N6O21S2. The van der Waals surface area contributed by atoms with Gasteiger partial charge in [0.05, 0.1) is 75.2 Å². The Labute approximate surface area is 613 Å². The second-order valence-electron chi connectivity index (χ2n) is 29.3. The Hall–Kier alpha value is -8.49. The van der Waals surface area contributed by atoms with Crippen LogP contribution in [0.25, 0.3) is 0 Å². The SMILES string of the molecule is COc1cc2c(cc1O)CCN[C@]21CS[C@@H]2c3c(O)c(C)c4c(c3[C@H](COC1=O)N1C2[C@H]2c3c(cc(C)c(OC)c3O)C[C@@H]([C@@H]1O)N2C)OCO4.COc1cc2c(cc1O)CCN[C@]21CS[C@@H]2c3c(OC(C)=O)c(C)c4c(c3[C@H](COC1=O)N1C2[C@H]2c3c(cc(C)c(OC)c3O)C[C@@H]([C@@H]1O)N2C)OCO4. The Bertz CT molecular complexity index is 4710. The fourth-order valence-electron chi connectivity index (χ4n) is 19.7. The molecule has 20 rings (SSSR count). The van der Waals surface area contributed by atoms with Gasteiger partial charge in [-0.05, 0) is 136 Å². The molecule has 8 bridgehead atoms. The molecule has 14 aliphatic heterocycles. The van der Waals surface area contributed by atoms with Crippen LogP contribution in [-0.4, -0.2) is 204 Å². The molecule has 9 N–H and O–H groups in total. The molecule has 0 saturated carbocycles. The largest absolute Gasteiger partial charge is 0.507 e. The molecule has 6 aromatic carbocycles. The zero-order valence-corrected chi connectivity index (χ0v) is 61.5. The highest BCUT2D eigenvalue weighted by atomic mass is 32.2. The van der Waals surface area contributed by atoms with Crippen molar-refractivity contribution in [1.29, 1.82) is 0 Å². The highest BCUT2D eigenvalue weighted by Gasteiger charge is 2.64. The van der Waals surface area contributed by atoms with Crippen molar-refractivity contribution in [2.75, 3.05) is 93.9 Å². The number of esters is 3. The molecule has 4 saturated heterocycles. The van der Waals surface area contributed by atoms with Crippen LogP contribution in [0.15, 0.2) is 36.4 Å². The molecule has 0 aliphatic carbocycles. The average Bonchev–Trinajstić information content (AvgIpc) is 1.46. The smallest absolute Gasteiger partial charge is 0.331 e. The number of aryl methyl sites for hydroxylation is 2. The van der Waals surface area contributed by atoms with E-state index in [1.807, 2.05) is 56.8 Å². The fraction of sp³-hybridized carbons (Fsp3) is 0.487. The molecular weight excluding hydrogens is 1400 g/mol. The van der Waals surface area contributed by atoms with Gasteiger partial charge < -0.3 is 87.9 Å². The van der Waals surface area contributed by atoms with Crippen LogP contribution >= 0.6 is 23.5 Å². The molecule has 105 heavy (non-hydrogen) atoms. The lowest BCUT2D eigenvalue weighted by Gasteiger charge is -2.62. The summed E-state index contributed by atoms with van der Waals surface area (Å²) in [5.74, 6) is 2.27. The van der Waals surface area contributed by atoms with Crippen LogP contribution in [0.2, 0.25) is 0 Å². The number of piperazine rings is 2. The molecule has 14 heterocycles. The Morgan fingerprint density at radius 3 is 1.39 bits per heavy atom. The summed E-state index contributed by atoms with van der Waals surface area (Å²) in [6.45, 7) is 9.22. The van der Waals surface area contributed by atoms with E-state index in [9.17, 15) is 50.1 Å². The van der Waals surface area contributed by atoms with Crippen molar-refractivity contribution in [3.8, 4) is 80.5 Å². The Morgan fingerprint density at radius 1 is 0.524 bits per heavy atom. The van der Waals surface area contributed by atoms with Crippen LogP contribution in [0, 0.1) is 27.7 Å². The third-order valence-electron chi connectivity index (χ3n) is 24.3. The maximum absolute atomic E-state index is 14.7. The number of hydrogen-bond acceptors (Lipinski definition) is 29. The lowest BCUT2D eigenvalue weighted by atomic mass is 9.73. The van der Waals surface area contributed by atoms with E-state index >= 15 is 0 Å². The van der Waals surface area contributed by atoms with Crippen molar-refractivity contribution in [3.63, 3.8) is 0 Å². The van der Waals surface area contributed by atoms with E-state index in [0.717, 1.165) is 33.4 Å². The number of carbonyl (C=O) groups is 3. The molecule has 29 heteroatoms. The van der Waals surface area contributed by atoms with Crippen molar-refractivity contribution >= 4 is 41.4 Å². The van der Waals surface area contributed by atoms with Gasteiger partial charge in [-0.25, -0.2) is 9.59 Å². The molecule has 0 radical (unpaired) electrons. The topological polar surface area (TPSA) is 331 Å². The highest BCUT2D eigenvalue weighted by Crippen LogP contribution is 2.68. The quantitative estimate of drug-likeness (QED) is 0.0648. The van der Waals surface area contributed by atoms with E-state index in [1.54, 1.807) is 38.3 Å². The Kier molecular flexibility index (Phi) is 16.8. The molecule has 27 nitrogen and oxygen atoms in total. The van der Waals surface area contributed by atoms with Gasteiger partial charge in [-0.2, -0.15) is 0 Å². The predicted molar refractivity (Wildman–Crippen MR) is 380 cm³/mol. The lowest BCUT2D eigenvalue weighted by Crippen LogP contribution is -2.70. The van der Waals surface area contributed by atoms with Gasteiger partial charge >= 0.3 is 17.9 Å². The number of aliphatic hydroxyl groups is 2. The summed E-state index contributed by atoms with van der Waals surface area (Å²) in [6, 6.07) is 6.43. The minimum Gasteiger partial charge on any atom is -0.507 e. The molecule has 6 aromatic rings. The molecule has 556 valence electrons. The number of hydrogen-bond donors (Lipinski definition) is 9. The molecule has 2 spiro atoms. The first-order valence-corrected chi connectivity index (χ1v) is 37.3. The average molecular weight is 1480 g/mol. The number of carbonyl (C=O) groups excluding carboxylic acids is 3. The van der Waals surface area contributed by atoms with Crippen LogP contribution in [0.5, 0.6) is 80.5 Å². The molecule has 0 amide bonds. The van der Waals surface area contributed by atoms with Gasteiger partial charge in [-0.15, -0.1) is 23.5 Å². The highest BCUT2D eigenvalue weighted by molar-refractivity contribution is 7.99.